The van der Waals surface area contributed by atoms with Gasteiger partial charge in [0.1, 0.15) is 17.2 Å². The Morgan fingerprint density at radius 2 is 2.05 bits per heavy atom. The molecule has 1 atom stereocenters. The molecule has 1 aliphatic carbocycles. The van der Waals surface area contributed by atoms with Gasteiger partial charge in [0, 0.05) is 11.5 Å². The van der Waals surface area contributed by atoms with E-state index in [1.54, 1.807) is 0 Å². The third kappa shape index (κ3) is 4.70. The average molecular weight is 503 g/mol. The minimum Gasteiger partial charge on any atom is -0.460 e. The molecule has 0 radical (unpaired) electrons. The lowest BCUT2D eigenvalue weighted by Gasteiger charge is -2.41. The standard InChI is InChI=1S/C29H34N4O4/c1-16(2)29(23(14-30)25(31)36-26-24(29)17(3)32-33-26)22-12-18(9-20(13-22)15-34)7-8-19-10-21(11-19)27(35)37-28(4,5)6/h9,12-13,16,19,21,34H,10-11,15,31H2,1-6H3,(H,32,33)/t19-,21-,29?. The highest BCUT2D eigenvalue weighted by atomic mass is 16.6. The van der Waals surface area contributed by atoms with Crippen molar-refractivity contribution in [3.05, 3.63) is 57.6 Å². The Balaban J connectivity index is 1.73. The number of aliphatic hydroxyl groups is 1. The minimum absolute atomic E-state index is 0.0250. The summed E-state index contributed by atoms with van der Waals surface area (Å²) in [5.41, 5.74) is 8.73. The predicted octanol–water partition coefficient (Wildman–Crippen LogP) is 3.96. The molecule has 1 aromatic heterocycles. The van der Waals surface area contributed by atoms with E-state index < -0.39 is 11.0 Å². The van der Waals surface area contributed by atoms with Crippen molar-refractivity contribution in [3.63, 3.8) is 0 Å². The van der Waals surface area contributed by atoms with E-state index in [9.17, 15) is 15.2 Å². The number of carbonyl (C=O) groups excluding carboxylic acids is 1. The molecule has 2 aliphatic rings. The molecular formula is C29H34N4O4. The van der Waals surface area contributed by atoms with E-state index in [0.29, 0.717) is 41.1 Å². The molecule has 1 aromatic carbocycles. The number of H-pyrrole nitrogens is 1. The van der Waals surface area contributed by atoms with Crippen molar-refractivity contribution < 1.29 is 19.4 Å². The van der Waals surface area contributed by atoms with E-state index >= 15 is 0 Å². The summed E-state index contributed by atoms with van der Waals surface area (Å²) in [6, 6.07) is 7.96. The summed E-state index contributed by atoms with van der Waals surface area (Å²) >= 11 is 0. The van der Waals surface area contributed by atoms with Gasteiger partial charge in [0.2, 0.25) is 11.8 Å². The Labute approximate surface area is 217 Å². The van der Waals surface area contributed by atoms with Crippen molar-refractivity contribution in [1.82, 2.24) is 10.2 Å². The van der Waals surface area contributed by atoms with Crippen LogP contribution in [0.1, 0.15) is 75.4 Å². The Morgan fingerprint density at radius 1 is 1.35 bits per heavy atom. The SMILES string of the molecule is Cc1n[nH]c2c1C(c1cc(C#C[C@H]3C[C@H](C(=O)OC(C)(C)C)C3)cc(CO)c1)(C(C)C)C(C#N)=C(N)O2. The van der Waals surface area contributed by atoms with Crippen LogP contribution < -0.4 is 10.5 Å². The molecule has 194 valence electrons. The first-order valence-electron chi connectivity index (χ1n) is 12.5. The maximum Gasteiger partial charge on any atom is 0.309 e. The van der Waals surface area contributed by atoms with Gasteiger partial charge in [0.25, 0.3) is 0 Å². The number of aromatic amines is 1. The van der Waals surface area contributed by atoms with Gasteiger partial charge in [-0.2, -0.15) is 10.4 Å². The number of carbonyl (C=O) groups is 1. The number of nitrogens with one attached hydrogen (secondary N) is 1. The maximum absolute atomic E-state index is 12.3. The fourth-order valence-electron chi connectivity index (χ4n) is 5.35. The fourth-order valence-corrected chi connectivity index (χ4v) is 5.35. The molecule has 37 heavy (non-hydrogen) atoms. The molecule has 1 unspecified atom stereocenters. The predicted molar refractivity (Wildman–Crippen MR) is 138 cm³/mol. The number of esters is 1. The van der Waals surface area contributed by atoms with Crippen molar-refractivity contribution in [3.8, 4) is 23.8 Å². The number of rotatable bonds is 4. The molecule has 0 amide bonds. The Morgan fingerprint density at radius 3 is 2.65 bits per heavy atom. The van der Waals surface area contributed by atoms with E-state index in [1.807, 2.05) is 59.7 Å². The number of aliphatic hydroxyl groups excluding tert-OH is 1. The van der Waals surface area contributed by atoms with Gasteiger partial charge in [-0.3, -0.25) is 4.79 Å². The molecule has 8 nitrogen and oxygen atoms in total. The van der Waals surface area contributed by atoms with Crippen LogP contribution in [0.15, 0.2) is 29.7 Å². The van der Waals surface area contributed by atoms with Crippen LogP contribution in [0.5, 0.6) is 5.88 Å². The smallest absolute Gasteiger partial charge is 0.309 e. The molecule has 2 aromatic rings. The summed E-state index contributed by atoms with van der Waals surface area (Å²) in [4.78, 5) is 12.3. The number of hydrogen-bond donors (Lipinski definition) is 3. The number of hydrogen-bond acceptors (Lipinski definition) is 7. The molecule has 0 saturated heterocycles. The van der Waals surface area contributed by atoms with E-state index in [0.717, 1.165) is 11.1 Å². The first-order chi connectivity index (χ1) is 17.4. The summed E-state index contributed by atoms with van der Waals surface area (Å²) in [6.45, 7) is 11.3. The fraction of sp³-hybridized carbons (Fsp3) is 0.483. The molecule has 1 fully saturated rings. The molecule has 4 N–H and O–H groups in total. The van der Waals surface area contributed by atoms with Crippen LogP contribution in [0.2, 0.25) is 0 Å². The molecule has 8 heteroatoms. The number of nitrogens with two attached hydrogens (primary N) is 1. The monoisotopic (exact) mass is 502 g/mol. The van der Waals surface area contributed by atoms with Crippen molar-refractivity contribution >= 4 is 5.97 Å². The summed E-state index contributed by atoms with van der Waals surface area (Å²) in [5.74, 6) is 6.65. The zero-order valence-corrected chi connectivity index (χ0v) is 22.2. The van der Waals surface area contributed by atoms with Crippen LogP contribution >= 0.6 is 0 Å². The number of aromatic nitrogens is 2. The largest absolute Gasteiger partial charge is 0.460 e. The van der Waals surface area contributed by atoms with Gasteiger partial charge in [-0.25, -0.2) is 5.10 Å². The lowest BCUT2D eigenvalue weighted by molar-refractivity contribution is -0.164. The van der Waals surface area contributed by atoms with Crippen molar-refractivity contribution in [2.45, 2.75) is 72.0 Å². The Kier molecular flexibility index (Phi) is 6.83. The second-order valence-electron chi connectivity index (χ2n) is 11.2. The van der Waals surface area contributed by atoms with Gasteiger partial charge in [0.05, 0.1) is 29.2 Å². The van der Waals surface area contributed by atoms with Gasteiger partial charge < -0.3 is 20.3 Å². The van der Waals surface area contributed by atoms with Crippen molar-refractivity contribution in [1.29, 1.82) is 5.26 Å². The van der Waals surface area contributed by atoms with Crippen LogP contribution in [-0.4, -0.2) is 26.9 Å². The van der Waals surface area contributed by atoms with Crippen LogP contribution in [-0.2, 0) is 21.6 Å². The number of benzene rings is 1. The molecule has 1 aliphatic heterocycles. The number of nitriles is 1. The van der Waals surface area contributed by atoms with Gasteiger partial charge in [-0.15, -0.1) is 0 Å². The minimum atomic E-state index is -0.941. The average Bonchev–Trinajstić information content (AvgIpc) is 3.15. The highest BCUT2D eigenvalue weighted by Gasteiger charge is 2.50. The van der Waals surface area contributed by atoms with Crippen LogP contribution in [0.25, 0.3) is 0 Å². The Hall–Kier alpha value is -3.75. The normalized spacial score (nSPS) is 22.8. The highest BCUT2D eigenvalue weighted by Crippen LogP contribution is 2.52. The van der Waals surface area contributed by atoms with Gasteiger partial charge in [0.15, 0.2) is 0 Å². The van der Waals surface area contributed by atoms with Crippen molar-refractivity contribution in [2.24, 2.45) is 23.5 Å². The number of aryl methyl sites for hydroxylation is 1. The van der Waals surface area contributed by atoms with E-state index in [2.05, 4.69) is 28.1 Å². The molecule has 2 heterocycles. The molecule has 0 bridgehead atoms. The van der Waals surface area contributed by atoms with E-state index in [4.69, 9.17) is 15.2 Å². The molecule has 1 saturated carbocycles. The lowest BCUT2D eigenvalue weighted by atomic mass is 9.61. The van der Waals surface area contributed by atoms with Gasteiger partial charge in [-0.1, -0.05) is 31.8 Å². The second-order valence-corrected chi connectivity index (χ2v) is 11.2. The summed E-state index contributed by atoms with van der Waals surface area (Å²) in [7, 11) is 0. The zero-order chi connectivity index (χ0) is 27.1. The van der Waals surface area contributed by atoms with Crippen LogP contribution in [0, 0.1) is 47.8 Å². The number of fused-ring (bicyclic) bond motifs is 1. The highest BCUT2D eigenvalue weighted by molar-refractivity contribution is 5.74. The molecule has 0 spiro atoms. The Bertz CT molecular complexity index is 1360. The third-order valence-electron chi connectivity index (χ3n) is 7.07. The maximum atomic E-state index is 12.3. The molecule has 4 rings (SSSR count). The quantitative estimate of drug-likeness (QED) is 0.425. The number of allylic oxidation sites excluding steroid dienone is 1. The third-order valence-corrected chi connectivity index (χ3v) is 7.07. The molecular weight excluding hydrogens is 468 g/mol. The first-order valence-corrected chi connectivity index (χ1v) is 12.5. The summed E-state index contributed by atoms with van der Waals surface area (Å²) in [6.07, 6.45) is 1.33. The van der Waals surface area contributed by atoms with Gasteiger partial charge >= 0.3 is 5.97 Å². The second kappa shape index (κ2) is 9.61. The van der Waals surface area contributed by atoms with Gasteiger partial charge in [-0.05, 0) is 69.7 Å². The van der Waals surface area contributed by atoms with Crippen molar-refractivity contribution in [2.75, 3.05) is 0 Å². The number of ether oxygens (including phenoxy) is 2. The topological polar surface area (TPSA) is 134 Å². The zero-order valence-electron chi connectivity index (χ0n) is 22.2. The summed E-state index contributed by atoms with van der Waals surface area (Å²) in [5, 5.41) is 27.5. The van der Waals surface area contributed by atoms with Crippen LogP contribution in [0.3, 0.4) is 0 Å². The van der Waals surface area contributed by atoms with E-state index in [1.165, 1.54) is 0 Å². The summed E-state index contributed by atoms with van der Waals surface area (Å²) < 4.78 is 11.2. The van der Waals surface area contributed by atoms with E-state index in [-0.39, 0.29) is 36.2 Å². The number of nitrogens with zero attached hydrogens (tertiary/aromatic N) is 2. The van der Waals surface area contributed by atoms with Crippen LogP contribution in [0.4, 0.5) is 0 Å². The first kappa shape index (κ1) is 26.3. The lowest BCUT2D eigenvalue weighted by Crippen LogP contribution is -2.41.